The minimum atomic E-state index is -0.433. The van der Waals surface area contributed by atoms with Crippen molar-refractivity contribution in [3.05, 3.63) is 0 Å². The summed E-state index contributed by atoms with van der Waals surface area (Å²) in [5.41, 5.74) is 0.126. The van der Waals surface area contributed by atoms with E-state index in [0.29, 0.717) is 6.54 Å². The van der Waals surface area contributed by atoms with Crippen LogP contribution in [-0.2, 0) is 4.79 Å². The largest absolute Gasteiger partial charge is 0.354 e. The van der Waals surface area contributed by atoms with E-state index in [9.17, 15) is 4.79 Å². The van der Waals surface area contributed by atoms with Crippen molar-refractivity contribution >= 4 is 17.5 Å². The minimum Gasteiger partial charge on any atom is -0.354 e. The van der Waals surface area contributed by atoms with Crippen LogP contribution in [0.2, 0.25) is 0 Å². The van der Waals surface area contributed by atoms with Crippen LogP contribution in [0.3, 0.4) is 0 Å². The number of halogens is 1. The van der Waals surface area contributed by atoms with Gasteiger partial charge in [-0.3, -0.25) is 4.79 Å². The van der Waals surface area contributed by atoms with Gasteiger partial charge in [-0.2, -0.15) is 0 Å². The molecule has 0 bridgehead atoms. The molecule has 11 heavy (non-hydrogen) atoms. The highest BCUT2D eigenvalue weighted by Crippen LogP contribution is 2.10. The van der Waals surface area contributed by atoms with Crippen molar-refractivity contribution in [2.75, 3.05) is 6.54 Å². The summed E-state index contributed by atoms with van der Waals surface area (Å²) in [6.07, 6.45) is 0. The third kappa shape index (κ3) is 6.17. The average Bonchev–Trinajstić information content (AvgIpc) is 1.80. The minimum absolute atomic E-state index is 0.0957. The van der Waals surface area contributed by atoms with Crippen molar-refractivity contribution in [3.8, 4) is 0 Å². The third-order valence-electron chi connectivity index (χ3n) is 1.15. The molecule has 0 aliphatic rings. The lowest BCUT2D eigenvalue weighted by Crippen LogP contribution is -2.36. The van der Waals surface area contributed by atoms with Crippen LogP contribution in [-0.4, -0.2) is 17.8 Å². The van der Waals surface area contributed by atoms with Crippen LogP contribution in [0.25, 0.3) is 0 Å². The van der Waals surface area contributed by atoms with Crippen LogP contribution in [0.1, 0.15) is 27.7 Å². The number of alkyl halides is 1. The maximum Gasteiger partial charge on any atom is 0.237 e. The molecule has 1 atom stereocenters. The van der Waals surface area contributed by atoms with Crippen molar-refractivity contribution in [1.29, 1.82) is 0 Å². The van der Waals surface area contributed by atoms with Gasteiger partial charge in [-0.25, -0.2) is 0 Å². The van der Waals surface area contributed by atoms with E-state index < -0.39 is 5.38 Å². The van der Waals surface area contributed by atoms with Crippen LogP contribution in [0.15, 0.2) is 0 Å². The van der Waals surface area contributed by atoms with Gasteiger partial charge in [0.2, 0.25) is 5.91 Å². The maximum absolute atomic E-state index is 10.9. The Morgan fingerprint density at radius 3 is 2.27 bits per heavy atom. The van der Waals surface area contributed by atoms with Crippen LogP contribution in [0.4, 0.5) is 0 Å². The number of carbonyl (C=O) groups is 1. The van der Waals surface area contributed by atoms with Crippen molar-refractivity contribution in [2.45, 2.75) is 33.1 Å². The highest BCUT2D eigenvalue weighted by molar-refractivity contribution is 6.30. The molecule has 0 rings (SSSR count). The molecular formula is C8H16ClNO. The van der Waals surface area contributed by atoms with E-state index in [1.807, 2.05) is 0 Å². The molecule has 0 aliphatic carbocycles. The molecule has 0 fully saturated rings. The van der Waals surface area contributed by atoms with E-state index >= 15 is 0 Å². The number of amides is 1. The smallest absolute Gasteiger partial charge is 0.237 e. The molecule has 1 unspecified atom stereocenters. The van der Waals surface area contributed by atoms with Gasteiger partial charge in [-0.1, -0.05) is 20.8 Å². The van der Waals surface area contributed by atoms with Crippen LogP contribution >= 0.6 is 11.6 Å². The molecule has 0 heterocycles. The summed E-state index contributed by atoms with van der Waals surface area (Å²) in [7, 11) is 0. The number of carbonyl (C=O) groups excluding carboxylic acids is 1. The number of hydrogen-bond donors (Lipinski definition) is 1. The molecule has 3 heteroatoms. The number of nitrogens with one attached hydrogen (secondary N) is 1. The molecule has 0 aromatic carbocycles. The summed E-state index contributed by atoms with van der Waals surface area (Å²) >= 11 is 5.55. The second-order valence-electron chi connectivity index (χ2n) is 3.89. The van der Waals surface area contributed by atoms with Gasteiger partial charge in [0.25, 0.3) is 0 Å². The molecule has 1 N–H and O–H groups in total. The molecule has 1 amide bonds. The van der Waals surface area contributed by atoms with Gasteiger partial charge in [-0.15, -0.1) is 11.6 Å². The van der Waals surface area contributed by atoms with Crippen LogP contribution in [0.5, 0.6) is 0 Å². The zero-order valence-electron chi connectivity index (χ0n) is 7.57. The zero-order chi connectivity index (χ0) is 9.07. The first-order valence-electron chi connectivity index (χ1n) is 3.75. The fourth-order valence-electron chi connectivity index (χ4n) is 0.493. The zero-order valence-corrected chi connectivity index (χ0v) is 8.33. The third-order valence-corrected chi connectivity index (χ3v) is 1.35. The molecule has 0 radical (unpaired) electrons. The van der Waals surface area contributed by atoms with E-state index in [1.54, 1.807) is 6.92 Å². The Morgan fingerprint density at radius 1 is 1.55 bits per heavy atom. The second kappa shape index (κ2) is 3.96. The van der Waals surface area contributed by atoms with Crippen molar-refractivity contribution in [1.82, 2.24) is 5.32 Å². The van der Waals surface area contributed by atoms with E-state index in [4.69, 9.17) is 11.6 Å². The monoisotopic (exact) mass is 177 g/mol. The number of hydrogen-bond acceptors (Lipinski definition) is 1. The summed E-state index contributed by atoms with van der Waals surface area (Å²) in [5, 5.41) is 2.32. The molecule has 0 aromatic rings. The van der Waals surface area contributed by atoms with E-state index in [-0.39, 0.29) is 11.3 Å². The first-order chi connectivity index (χ1) is 4.83. The van der Waals surface area contributed by atoms with E-state index in [2.05, 4.69) is 26.1 Å². The Morgan fingerprint density at radius 2 is 2.00 bits per heavy atom. The lowest BCUT2D eigenvalue weighted by atomic mass is 9.97. The van der Waals surface area contributed by atoms with Gasteiger partial charge in [0.05, 0.1) is 0 Å². The molecule has 0 aromatic heterocycles. The van der Waals surface area contributed by atoms with Gasteiger partial charge >= 0.3 is 0 Å². The van der Waals surface area contributed by atoms with Crippen LogP contribution < -0.4 is 5.32 Å². The molecular weight excluding hydrogens is 162 g/mol. The average molecular weight is 178 g/mol. The summed E-state index contributed by atoms with van der Waals surface area (Å²) in [5.74, 6) is -0.0957. The van der Waals surface area contributed by atoms with Crippen molar-refractivity contribution < 1.29 is 4.79 Å². The maximum atomic E-state index is 10.9. The standard InChI is InChI=1S/C8H16ClNO/c1-6(9)7(11)10-5-8(2,3)4/h6H,5H2,1-4H3,(H,10,11). The highest BCUT2D eigenvalue weighted by Gasteiger charge is 2.14. The molecule has 66 valence electrons. The summed E-state index contributed by atoms with van der Waals surface area (Å²) in [6.45, 7) is 8.52. The summed E-state index contributed by atoms with van der Waals surface area (Å²) in [4.78, 5) is 10.9. The van der Waals surface area contributed by atoms with Crippen LogP contribution in [0, 0.1) is 5.41 Å². The molecule has 0 spiro atoms. The Bertz CT molecular complexity index is 138. The van der Waals surface area contributed by atoms with E-state index in [1.165, 1.54) is 0 Å². The first kappa shape index (κ1) is 10.8. The quantitative estimate of drug-likeness (QED) is 0.641. The Hall–Kier alpha value is -0.240. The van der Waals surface area contributed by atoms with Gasteiger partial charge < -0.3 is 5.32 Å². The predicted octanol–water partition coefficient (Wildman–Crippen LogP) is 1.78. The van der Waals surface area contributed by atoms with Gasteiger partial charge in [0, 0.05) is 6.54 Å². The topological polar surface area (TPSA) is 29.1 Å². The Balaban J connectivity index is 3.64. The Labute approximate surface area is 73.3 Å². The van der Waals surface area contributed by atoms with E-state index in [0.717, 1.165) is 0 Å². The van der Waals surface area contributed by atoms with Crippen molar-refractivity contribution in [2.24, 2.45) is 5.41 Å². The summed E-state index contributed by atoms with van der Waals surface area (Å²) in [6, 6.07) is 0. The summed E-state index contributed by atoms with van der Waals surface area (Å²) < 4.78 is 0. The van der Waals surface area contributed by atoms with Gasteiger partial charge in [0.1, 0.15) is 5.38 Å². The first-order valence-corrected chi connectivity index (χ1v) is 4.18. The second-order valence-corrected chi connectivity index (χ2v) is 4.55. The molecule has 0 saturated carbocycles. The molecule has 0 saturated heterocycles. The highest BCUT2D eigenvalue weighted by atomic mass is 35.5. The van der Waals surface area contributed by atoms with Gasteiger partial charge in [0.15, 0.2) is 0 Å². The molecule has 0 aliphatic heterocycles. The SMILES string of the molecule is CC(Cl)C(=O)NCC(C)(C)C. The predicted molar refractivity (Wildman–Crippen MR) is 47.8 cm³/mol. The van der Waals surface area contributed by atoms with Gasteiger partial charge in [-0.05, 0) is 12.3 Å². The molecule has 2 nitrogen and oxygen atoms in total. The normalized spacial score (nSPS) is 14.3. The Kier molecular flexibility index (Phi) is 3.87. The lowest BCUT2D eigenvalue weighted by Gasteiger charge is -2.19. The number of rotatable bonds is 2. The van der Waals surface area contributed by atoms with Crippen molar-refractivity contribution in [3.63, 3.8) is 0 Å². The fourth-order valence-corrected chi connectivity index (χ4v) is 0.570. The lowest BCUT2D eigenvalue weighted by molar-refractivity contribution is -0.120. The fraction of sp³-hybridized carbons (Fsp3) is 0.875.